The summed E-state index contributed by atoms with van der Waals surface area (Å²) in [7, 11) is 0. The Morgan fingerprint density at radius 2 is 2.15 bits per heavy atom. The lowest BCUT2D eigenvalue weighted by molar-refractivity contribution is 0.299. The van der Waals surface area contributed by atoms with Gasteiger partial charge in [0.25, 0.3) is 0 Å². The van der Waals surface area contributed by atoms with Crippen LogP contribution in [-0.4, -0.2) is 24.0 Å². The average Bonchev–Trinajstić information content (AvgIpc) is 2.39. The van der Waals surface area contributed by atoms with Gasteiger partial charge in [0.2, 0.25) is 0 Å². The molecule has 1 aromatic carbocycles. The fourth-order valence-electron chi connectivity index (χ4n) is 2.05. The molecule has 0 unspecified atom stereocenters. The van der Waals surface area contributed by atoms with Crippen molar-refractivity contribution in [2.75, 3.05) is 13.1 Å². The highest BCUT2D eigenvalue weighted by atomic mass is 79.9. The van der Waals surface area contributed by atoms with E-state index >= 15 is 0 Å². The number of rotatable bonds is 8. The molecule has 0 amide bonds. The number of halogens is 1. The summed E-state index contributed by atoms with van der Waals surface area (Å²) in [6, 6.07) is 7.09. The fourth-order valence-corrected chi connectivity index (χ4v) is 2.60. The first-order valence-corrected chi connectivity index (χ1v) is 8.02. The molecule has 0 atom stereocenters. The van der Waals surface area contributed by atoms with E-state index in [1.807, 2.05) is 0 Å². The summed E-state index contributed by atoms with van der Waals surface area (Å²) in [5.41, 5.74) is 2.59. The topological polar surface area (TPSA) is 15.3 Å². The maximum atomic E-state index is 5.43. The van der Waals surface area contributed by atoms with Crippen LogP contribution in [0.25, 0.3) is 0 Å². The van der Waals surface area contributed by atoms with Gasteiger partial charge in [-0.05, 0) is 30.2 Å². The van der Waals surface area contributed by atoms with Crippen LogP contribution in [0.2, 0.25) is 0 Å². The molecule has 0 heterocycles. The maximum absolute atomic E-state index is 5.43. The van der Waals surface area contributed by atoms with Gasteiger partial charge in [0.05, 0.1) is 6.54 Å². The molecule has 0 saturated carbocycles. The van der Waals surface area contributed by atoms with Crippen molar-refractivity contribution in [1.82, 2.24) is 10.2 Å². The van der Waals surface area contributed by atoms with Crippen LogP contribution < -0.4 is 5.32 Å². The summed E-state index contributed by atoms with van der Waals surface area (Å²) in [5, 5.41) is 3.43. The van der Waals surface area contributed by atoms with Crippen molar-refractivity contribution in [3.63, 3.8) is 0 Å². The first kappa shape index (κ1) is 17.2. The van der Waals surface area contributed by atoms with Gasteiger partial charge < -0.3 is 5.32 Å². The van der Waals surface area contributed by atoms with Crippen LogP contribution >= 0.6 is 15.9 Å². The first-order valence-electron chi connectivity index (χ1n) is 7.23. The van der Waals surface area contributed by atoms with Gasteiger partial charge >= 0.3 is 0 Å². The van der Waals surface area contributed by atoms with E-state index in [1.54, 1.807) is 0 Å². The Bertz CT molecular complexity index is 449. The lowest BCUT2D eigenvalue weighted by atomic mass is 10.1. The van der Waals surface area contributed by atoms with E-state index in [4.69, 9.17) is 6.42 Å². The Morgan fingerprint density at radius 1 is 1.40 bits per heavy atom. The van der Waals surface area contributed by atoms with Gasteiger partial charge in [-0.15, -0.1) is 6.42 Å². The van der Waals surface area contributed by atoms with Crippen LogP contribution in [0.4, 0.5) is 0 Å². The van der Waals surface area contributed by atoms with Gasteiger partial charge in [0.1, 0.15) is 0 Å². The third-order valence-electron chi connectivity index (χ3n) is 3.08. The molecule has 2 nitrogen and oxygen atoms in total. The quantitative estimate of drug-likeness (QED) is 0.726. The fraction of sp³-hybridized carbons (Fsp3) is 0.529. The number of terminal acetylenes is 1. The summed E-state index contributed by atoms with van der Waals surface area (Å²) in [6.45, 7) is 10.0. The summed E-state index contributed by atoms with van der Waals surface area (Å²) in [6.07, 6.45) is 6.55. The third-order valence-corrected chi connectivity index (χ3v) is 3.82. The molecule has 0 saturated heterocycles. The van der Waals surface area contributed by atoms with Gasteiger partial charge in [-0.3, -0.25) is 4.90 Å². The van der Waals surface area contributed by atoms with Gasteiger partial charge in [-0.25, -0.2) is 0 Å². The molecule has 0 bridgehead atoms. The minimum Gasteiger partial charge on any atom is -0.310 e. The molecular weight excluding hydrogens is 312 g/mol. The minimum atomic E-state index is 0.504. The average molecular weight is 337 g/mol. The minimum absolute atomic E-state index is 0.504. The lowest BCUT2D eigenvalue weighted by Crippen LogP contribution is -2.25. The van der Waals surface area contributed by atoms with Crippen LogP contribution in [0.5, 0.6) is 0 Å². The van der Waals surface area contributed by atoms with Gasteiger partial charge in [-0.2, -0.15) is 0 Å². The van der Waals surface area contributed by atoms with E-state index in [0.29, 0.717) is 12.6 Å². The van der Waals surface area contributed by atoms with Crippen LogP contribution in [0.15, 0.2) is 22.7 Å². The predicted octanol–water partition coefficient (Wildman–Crippen LogP) is 3.79. The van der Waals surface area contributed by atoms with Crippen molar-refractivity contribution in [2.24, 2.45) is 0 Å². The number of nitrogens with zero attached hydrogens (tertiary/aromatic N) is 1. The van der Waals surface area contributed by atoms with E-state index < -0.39 is 0 Å². The molecule has 0 aliphatic carbocycles. The van der Waals surface area contributed by atoms with E-state index in [2.05, 4.69) is 71.0 Å². The molecule has 0 fully saturated rings. The Labute approximate surface area is 132 Å². The van der Waals surface area contributed by atoms with Crippen LogP contribution in [-0.2, 0) is 13.1 Å². The molecular formula is C17H25BrN2. The van der Waals surface area contributed by atoms with Crippen molar-refractivity contribution in [1.29, 1.82) is 0 Å². The summed E-state index contributed by atoms with van der Waals surface area (Å²) >= 11 is 3.68. The number of hydrogen-bond acceptors (Lipinski definition) is 2. The first-order chi connectivity index (χ1) is 9.56. The van der Waals surface area contributed by atoms with Crippen molar-refractivity contribution >= 4 is 15.9 Å². The molecule has 0 aliphatic heterocycles. The standard InChI is InChI=1S/C17H25BrN2/c1-5-9-20(10-6-2)13-16-8-7-15(11-17(16)18)12-19-14(3)4/h1,7-8,11,14,19H,6,9-10,12-13H2,2-4H3. The molecule has 0 aliphatic rings. The Balaban J connectivity index is 2.69. The van der Waals surface area contributed by atoms with Crippen LogP contribution in [0.1, 0.15) is 38.3 Å². The van der Waals surface area contributed by atoms with Crippen LogP contribution in [0, 0.1) is 12.3 Å². The molecule has 0 aromatic heterocycles. The monoisotopic (exact) mass is 336 g/mol. The normalized spacial score (nSPS) is 11.1. The zero-order valence-electron chi connectivity index (χ0n) is 12.7. The van der Waals surface area contributed by atoms with Gasteiger partial charge in [0.15, 0.2) is 0 Å². The molecule has 3 heteroatoms. The second-order valence-corrected chi connectivity index (χ2v) is 6.23. The highest BCUT2D eigenvalue weighted by Gasteiger charge is 2.07. The van der Waals surface area contributed by atoms with Crippen molar-refractivity contribution in [2.45, 2.75) is 46.3 Å². The van der Waals surface area contributed by atoms with E-state index in [1.165, 1.54) is 15.6 Å². The largest absolute Gasteiger partial charge is 0.310 e. The summed E-state index contributed by atoms with van der Waals surface area (Å²) in [5.74, 6) is 2.74. The molecule has 20 heavy (non-hydrogen) atoms. The predicted molar refractivity (Wildman–Crippen MR) is 90.5 cm³/mol. The van der Waals surface area contributed by atoms with Crippen molar-refractivity contribution < 1.29 is 0 Å². The Morgan fingerprint density at radius 3 is 2.70 bits per heavy atom. The number of nitrogens with one attached hydrogen (secondary N) is 1. The maximum Gasteiger partial charge on any atom is 0.0601 e. The summed E-state index contributed by atoms with van der Waals surface area (Å²) < 4.78 is 1.17. The van der Waals surface area contributed by atoms with E-state index in [0.717, 1.165) is 26.1 Å². The highest BCUT2D eigenvalue weighted by Crippen LogP contribution is 2.20. The second kappa shape index (κ2) is 9.18. The molecule has 0 spiro atoms. The van der Waals surface area contributed by atoms with Gasteiger partial charge in [0, 0.05) is 23.6 Å². The summed E-state index contributed by atoms with van der Waals surface area (Å²) in [4.78, 5) is 2.30. The number of hydrogen-bond donors (Lipinski definition) is 1. The zero-order chi connectivity index (χ0) is 15.0. The zero-order valence-corrected chi connectivity index (χ0v) is 14.3. The number of benzene rings is 1. The Kier molecular flexibility index (Phi) is 7.91. The van der Waals surface area contributed by atoms with Crippen molar-refractivity contribution in [3.8, 4) is 12.3 Å². The molecule has 1 rings (SSSR count). The molecule has 110 valence electrons. The third kappa shape index (κ3) is 6.09. The van der Waals surface area contributed by atoms with E-state index in [-0.39, 0.29) is 0 Å². The second-order valence-electron chi connectivity index (χ2n) is 5.38. The van der Waals surface area contributed by atoms with Crippen LogP contribution in [0.3, 0.4) is 0 Å². The molecule has 0 radical (unpaired) electrons. The smallest absolute Gasteiger partial charge is 0.0601 e. The van der Waals surface area contributed by atoms with Gasteiger partial charge in [-0.1, -0.05) is 54.8 Å². The lowest BCUT2D eigenvalue weighted by Gasteiger charge is -2.20. The Hall–Kier alpha value is -0.820. The van der Waals surface area contributed by atoms with E-state index in [9.17, 15) is 0 Å². The highest BCUT2D eigenvalue weighted by molar-refractivity contribution is 9.10. The molecule has 1 N–H and O–H groups in total. The van der Waals surface area contributed by atoms with Crippen molar-refractivity contribution in [3.05, 3.63) is 33.8 Å². The molecule has 1 aromatic rings. The SMILES string of the molecule is C#CCN(CCC)Cc1ccc(CNC(C)C)cc1Br.